The Kier molecular flexibility index (Phi) is 12.9. The van der Waals surface area contributed by atoms with Gasteiger partial charge in [-0.25, -0.2) is 18.0 Å². The molecule has 10 nitrogen and oxygen atoms in total. The van der Waals surface area contributed by atoms with Crippen LogP contribution in [0.3, 0.4) is 0 Å². The molecule has 0 heterocycles. The Bertz CT molecular complexity index is 2420. The van der Waals surface area contributed by atoms with Crippen LogP contribution in [0.15, 0.2) is 157 Å². The minimum atomic E-state index is -4.01. The van der Waals surface area contributed by atoms with Crippen LogP contribution < -0.4 is 9.64 Å². The van der Waals surface area contributed by atoms with Gasteiger partial charge in [-0.2, -0.15) is 4.31 Å². The van der Waals surface area contributed by atoms with E-state index in [1.807, 2.05) is 104 Å². The Hall–Kier alpha value is -6.56. The van der Waals surface area contributed by atoms with Gasteiger partial charge in [0.1, 0.15) is 24.5 Å². The summed E-state index contributed by atoms with van der Waals surface area (Å²) >= 11 is 0. The van der Waals surface area contributed by atoms with Crippen LogP contribution in [0.1, 0.15) is 43.0 Å². The summed E-state index contributed by atoms with van der Waals surface area (Å²) in [6, 6.07) is 44.6. The van der Waals surface area contributed by atoms with Gasteiger partial charge in [0.2, 0.25) is 15.9 Å². The molecule has 0 fully saturated rings. The van der Waals surface area contributed by atoms with Crippen LogP contribution in [0.4, 0.5) is 5.69 Å². The van der Waals surface area contributed by atoms with Crippen LogP contribution in [-0.4, -0.2) is 51.3 Å². The summed E-state index contributed by atoms with van der Waals surface area (Å²) < 4.78 is 44.9. The van der Waals surface area contributed by atoms with E-state index in [1.54, 1.807) is 42.5 Å². The number of carbonyl (C=O) groups is 3. The van der Waals surface area contributed by atoms with Crippen molar-refractivity contribution in [3.63, 3.8) is 0 Å². The molecule has 6 aromatic carbocycles. The zero-order valence-corrected chi connectivity index (χ0v) is 32.6. The second-order valence-corrected chi connectivity index (χ2v) is 15.4. The molecular formula is C46H42N2O8S. The maximum absolute atomic E-state index is 14.3. The third-order valence-electron chi connectivity index (χ3n) is 9.27. The number of likely N-dealkylation sites (N-methyl/N-ethyl adjacent to an activating group) is 1. The quantitative estimate of drug-likeness (QED) is 0.0957. The van der Waals surface area contributed by atoms with Crippen molar-refractivity contribution >= 4 is 33.6 Å². The number of rotatable bonds is 15. The molecule has 1 amide bonds. The third-order valence-corrected chi connectivity index (χ3v) is 11.1. The Labute approximate surface area is 332 Å². The first kappa shape index (κ1) is 40.1. The molecule has 11 heteroatoms. The largest absolute Gasteiger partial charge is 0.488 e. The summed E-state index contributed by atoms with van der Waals surface area (Å²) in [6.07, 6.45) is 0. The number of hydrogen-bond acceptors (Lipinski definition) is 8. The predicted octanol–water partition coefficient (Wildman–Crippen LogP) is 8.24. The summed E-state index contributed by atoms with van der Waals surface area (Å²) in [5, 5.41) is 0. The van der Waals surface area contributed by atoms with E-state index in [0.717, 1.165) is 37.7 Å². The van der Waals surface area contributed by atoms with E-state index in [0.29, 0.717) is 11.3 Å². The second kappa shape index (κ2) is 18.4. The van der Waals surface area contributed by atoms with Crippen LogP contribution in [0, 0.1) is 6.92 Å². The summed E-state index contributed by atoms with van der Waals surface area (Å²) in [4.78, 5) is 41.3. The molecule has 0 spiro atoms. The summed E-state index contributed by atoms with van der Waals surface area (Å²) in [5.41, 5.74) is 6.07. The number of anilines is 1. The summed E-state index contributed by atoms with van der Waals surface area (Å²) in [7, 11) is -1.31. The highest BCUT2D eigenvalue weighted by Crippen LogP contribution is 2.30. The average molecular weight is 783 g/mol. The fourth-order valence-electron chi connectivity index (χ4n) is 5.98. The van der Waals surface area contributed by atoms with Gasteiger partial charge in [0.15, 0.2) is 0 Å². The topological polar surface area (TPSA) is 120 Å². The van der Waals surface area contributed by atoms with Crippen molar-refractivity contribution in [2.24, 2.45) is 0 Å². The maximum Gasteiger partial charge on any atom is 0.342 e. The van der Waals surface area contributed by atoms with Crippen LogP contribution >= 0.6 is 0 Å². The highest BCUT2D eigenvalue weighted by molar-refractivity contribution is 7.89. The van der Waals surface area contributed by atoms with Crippen molar-refractivity contribution in [3.8, 4) is 16.9 Å². The molecule has 0 unspecified atom stereocenters. The fourth-order valence-corrected chi connectivity index (χ4v) is 7.10. The number of carbonyl (C=O) groups excluding carboxylic acids is 3. The van der Waals surface area contributed by atoms with E-state index in [4.69, 9.17) is 14.2 Å². The number of aryl methyl sites for hydroxylation is 1. The van der Waals surface area contributed by atoms with E-state index in [2.05, 4.69) is 0 Å². The molecule has 0 N–H and O–H groups in total. The average Bonchev–Trinajstić information content (AvgIpc) is 3.24. The Morgan fingerprint density at radius 1 is 0.632 bits per heavy atom. The lowest BCUT2D eigenvalue weighted by Crippen LogP contribution is -2.41. The van der Waals surface area contributed by atoms with Crippen molar-refractivity contribution in [2.75, 3.05) is 25.6 Å². The molecule has 0 saturated heterocycles. The fraction of sp³-hybridized carbons (Fsp3) is 0.152. The van der Waals surface area contributed by atoms with Gasteiger partial charge in [0, 0.05) is 18.8 Å². The Balaban J connectivity index is 1.32. The zero-order chi connectivity index (χ0) is 40.4. The standard InChI is InChI=1S/C46H42N2O8S/c1-33-14-25-41(26-15-33)57(52,53)47(2)30-44(49)48(29-34-16-18-37(19-17-34)38-20-22-39(23-21-38)45(50)54-3)40-24-27-42(46(51)56-32-36-12-8-5-9-13-36)43(28-40)55-31-35-10-6-4-7-11-35/h4-28H,29-32H2,1-3H3. The smallest absolute Gasteiger partial charge is 0.342 e. The SMILES string of the molecule is COC(=O)c1ccc(-c2ccc(CN(C(=O)CN(C)S(=O)(=O)c3ccc(C)cc3)c3ccc(C(=O)OCc4ccccc4)c(OCc4ccccc4)c3)cc2)cc1. The Morgan fingerprint density at radius 3 is 1.81 bits per heavy atom. The molecule has 290 valence electrons. The normalized spacial score (nSPS) is 11.2. The van der Waals surface area contributed by atoms with Gasteiger partial charge in [0.05, 0.1) is 30.7 Å². The van der Waals surface area contributed by atoms with Crippen molar-refractivity contribution in [1.82, 2.24) is 4.31 Å². The number of nitrogens with zero attached hydrogens (tertiary/aromatic N) is 2. The van der Waals surface area contributed by atoms with Crippen LogP contribution in [0.25, 0.3) is 11.1 Å². The number of ether oxygens (including phenoxy) is 3. The minimum Gasteiger partial charge on any atom is -0.488 e. The first-order valence-electron chi connectivity index (χ1n) is 18.1. The second-order valence-electron chi connectivity index (χ2n) is 13.3. The van der Waals surface area contributed by atoms with Gasteiger partial charge in [0.25, 0.3) is 0 Å². The third kappa shape index (κ3) is 10.2. The number of sulfonamides is 1. The highest BCUT2D eigenvalue weighted by atomic mass is 32.2. The molecule has 57 heavy (non-hydrogen) atoms. The Morgan fingerprint density at radius 2 is 1.21 bits per heavy atom. The van der Waals surface area contributed by atoms with E-state index in [9.17, 15) is 22.8 Å². The number of hydrogen-bond donors (Lipinski definition) is 0. The first-order chi connectivity index (χ1) is 27.5. The van der Waals surface area contributed by atoms with Gasteiger partial charge in [-0.3, -0.25) is 4.79 Å². The number of benzene rings is 6. The van der Waals surface area contributed by atoms with Crippen LogP contribution in [0.2, 0.25) is 0 Å². The van der Waals surface area contributed by atoms with E-state index >= 15 is 0 Å². The van der Waals surface area contributed by atoms with Gasteiger partial charge in [-0.15, -0.1) is 0 Å². The monoisotopic (exact) mass is 782 g/mol. The molecule has 0 aliphatic carbocycles. The lowest BCUT2D eigenvalue weighted by atomic mass is 10.0. The highest BCUT2D eigenvalue weighted by Gasteiger charge is 2.27. The summed E-state index contributed by atoms with van der Waals surface area (Å²) in [5.74, 6) is -1.35. The number of methoxy groups -OCH3 is 1. The molecule has 0 radical (unpaired) electrons. The van der Waals surface area contributed by atoms with Crippen molar-refractivity contribution in [3.05, 3.63) is 185 Å². The first-order valence-corrected chi connectivity index (χ1v) is 19.6. The molecule has 0 aliphatic heterocycles. The predicted molar refractivity (Wildman–Crippen MR) is 218 cm³/mol. The van der Waals surface area contributed by atoms with Crippen molar-refractivity contribution in [1.29, 1.82) is 0 Å². The van der Waals surface area contributed by atoms with E-state index in [-0.39, 0.29) is 36.0 Å². The molecule has 6 rings (SSSR count). The van der Waals surface area contributed by atoms with Crippen LogP contribution in [-0.2, 0) is 44.1 Å². The number of esters is 2. The van der Waals surface area contributed by atoms with E-state index in [1.165, 1.54) is 31.2 Å². The molecule has 0 atom stereocenters. The van der Waals surface area contributed by atoms with Crippen molar-refractivity contribution < 1.29 is 37.0 Å². The van der Waals surface area contributed by atoms with Gasteiger partial charge in [-0.1, -0.05) is 115 Å². The molecule has 0 bridgehead atoms. The maximum atomic E-state index is 14.3. The summed E-state index contributed by atoms with van der Waals surface area (Å²) in [6.45, 7) is 1.64. The van der Waals surface area contributed by atoms with Gasteiger partial charge in [-0.05, 0) is 71.1 Å². The minimum absolute atomic E-state index is 0.0529. The molecule has 0 saturated carbocycles. The zero-order valence-electron chi connectivity index (χ0n) is 31.8. The van der Waals surface area contributed by atoms with Crippen LogP contribution in [0.5, 0.6) is 5.75 Å². The number of amides is 1. The van der Waals surface area contributed by atoms with Gasteiger partial charge < -0.3 is 19.1 Å². The van der Waals surface area contributed by atoms with E-state index < -0.39 is 34.4 Å². The van der Waals surface area contributed by atoms with Crippen molar-refractivity contribution in [2.45, 2.75) is 31.6 Å². The lowest BCUT2D eigenvalue weighted by molar-refractivity contribution is -0.118. The molecule has 0 aliphatic rings. The van der Waals surface area contributed by atoms with Gasteiger partial charge >= 0.3 is 11.9 Å². The molecule has 0 aromatic heterocycles. The lowest BCUT2D eigenvalue weighted by Gasteiger charge is -2.27. The molecule has 6 aromatic rings. The molecular weight excluding hydrogens is 741 g/mol.